The van der Waals surface area contributed by atoms with Crippen LogP contribution in [0.3, 0.4) is 0 Å². The average Bonchev–Trinajstić information content (AvgIpc) is 2.56. The molecule has 0 aliphatic heterocycles. The Bertz CT molecular complexity index is 672. The molecule has 0 bridgehead atoms. The Morgan fingerprint density at radius 1 is 1.09 bits per heavy atom. The number of carbonyl (C=O) groups is 1. The van der Waals surface area contributed by atoms with Gasteiger partial charge in [-0.3, -0.25) is 4.79 Å². The molecule has 0 saturated heterocycles. The lowest BCUT2D eigenvalue weighted by Crippen LogP contribution is -2.33. The standard InChI is InChI=1S/C19H21N3O/c1-14(2)19(16-6-4-3-5-7-16)21-13-18(23)22-17-10-8-15(12-20)9-11-17/h3-11,14,19,21H,13H2,1-2H3,(H,22,23)/t19-/m1/s1. The van der Waals surface area contributed by atoms with Crippen LogP contribution in [0, 0.1) is 17.2 Å². The van der Waals surface area contributed by atoms with E-state index in [4.69, 9.17) is 5.26 Å². The van der Waals surface area contributed by atoms with Gasteiger partial charge in [0.1, 0.15) is 0 Å². The molecule has 0 aliphatic carbocycles. The summed E-state index contributed by atoms with van der Waals surface area (Å²) in [5.41, 5.74) is 2.44. The van der Waals surface area contributed by atoms with Gasteiger partial charge in [0, 0.05) is 11.7 Å². The van der Waals surface area contributed by atoms with E-state index in [0.717, 1.165) is 0 Å². The summed E-state index contributed by atoms with van der Waals surface area (Å²) in [5.74, 6) is 0.274. The lowest BCUT2D eigenvalue weighted by Gasteiger charge is -2.22. The van der Waals surface area contributed by atoms with Gasteiger partial charge in [-0.1, -0.05) is 44.2 Å². The van der Waals surface area contributed by atoms with E-state index in [1.807, 2.05) is 18.2 Å². The monoisotopic (exact) mass is 307 g/mol. The molecule has 0 aromatic heterocycles. The fraction of sp³-hybridized carbons (Fsp3) is 0.263. The molecule has 2 N–H and O–H groups in total. The van der Waals surface area contributed by atoms with Crippen molar-refractivity contribution < 1.29 is 4.79 Å². The van der Waals surface area contributed by atoms with Crippen LogP contribution in [-0.2, 0) is 4.79 Å². The average molecular weight is 307 g/mol. The number of rotatable bonds is 6. The molecule has 2 rings (SSSR count). The van der Waals surface area contributed by atoms with Crippen molar-refractivity contribution in [2.45, 2.75) is 19.9 Å². The van der Waals surface area contributed by atoms with E-state index in [0.29, 0.717) is 17.2 Å². The minimum atomic E-state index is -0.101. The predicted molar refractivity (Wildman–Crippen MR) is 91.8 cm³/mol. The largest absolute Gasteiger partial charge is 0.325 e. The number of nitriles is 1. The molecule has 118 valence electrons. The predicted octanol–water partition coefficient (Wildman–Crippen LogP) is 3.48. The summed E-state index contributed by atoms with van der Waals surface area (Å²) in [7, 11) is 0. The highest BCUT2D eigenvalue weighted by molar-refractivity contribution is 5.92. The van der Waals surface area contributed by atoms with E-state index in [1.165, 1.54) is 5.56 Å². The van der Waals surface area contributed by atoms with Crippen LogP contribution in [0.5, 0.6) is 0 Å². The van der Waals surface area contributed by atoms with Gasteiger partial charge in [0.05, 0.1) is 18.2 Å². The molecule has 2 aromatic rings. The quantitative estimate of drug-likeness (QED) is 0.858. The summed E-state index contributed by atoms with van der Waals surface area (Å²) in [6.07, 6.45) is 0. The molecule has 0 fully saturated rings. The highest BCUT2D eigenvalue weighted by Gasteiger charge is 2.16. The molecule has 0 radical (unpaired) electrons. The minimum absolute atomic E-state index is 0.101. The van der Waals surface area contributed by atoms with Gasteiger partial charge in [-0.05, 0) is 35.7 Å². The van der Waals surface area contributed by atoms with Crippen LogP contribution in [0.2, 0.25) is 0 Å². The highest BCUT2D eigenvalue weighted by Crippen LogP contribution is 2.21. The number of hydrogen-bond donors (Lipinski definition) is 2. The lowest BCUT2D eigenvalue weighted by atomic mass is 9.96. The molecule has 0 aliphatic rings. The van der Waals surface area contributed by atoms with Gasteiger partial charge in [-0.2, -0.15) is 5.26 Å². The zero-order valence-electron chi connectivity index (χ0n) is 13.4. The van der Waals surface area contributed by atoms with Crippen molar-refractivity contribution >= 4 is 11.6 Å². The zero-order chi connectivity index (χ0) is 16.7. The summed E-state index contributed by atoms with van der Waals surface area (Å²) in [6, 6.07) is 19.1. The molecule has 2 aromatic carbocycles. The molecule has 23 heavy (non-hydrogen) atoms. The summed E-state index contributed by atoms with van der Waals surface area (Å²) >= 11 is 0. The number of hydrogen-bond acceptors (Lipinski definition) is 3. The van der Waals surface area contributed by atoms with Crippen LogP contribution in [0.1, 0.15) is 31.0 Å². The molecule has 0 unspecified atom stereocenters. The maximum atomic E-state index is 12.1. The third-order valence-corrected chi connectivity index (χ3v) is 3.61. The van der Waals surface area contributed by atoms with E-state index in [1.54, 1.807) is 24.3 Å². The van der Waals surface area contributed by atoms with Crippen molar-refractivity contribution in [2.75, 3.05) is 11.9 Å². The first-order valence-corrected chi connectivity index (χ1v) is 7.68. The summed E-state index contributed by atoms with van der Waals surface area (Å²) in [6.45, 7) is 4.49. The Morgan fingerprint density at radius 3 is 2.30 bits per heavy atom. The second-order valence-electron chi connectivity index (χ2n) is 5.75. The molecule has 1 atom stereocenters. The van der Waals surface area contributed by atoms with Crippen LogP contribution >= 0.6 is 0 Å². The summed E-state index contributed by atoms with van der Waals surface area (Å²) in [5, 5.41) is 14.9. The number of nitrogens with one attached hydrogen (secondary N) is 2. The number of amides is 1. The van der Waals surface area contributed by atoms with Crippen molar-refractivity contribution in [3.63, 3.8) is 0 Å². The van der Waals surface area contributed by atoms with Crippen LogP contribution in [0.4, 0.5) is 5.69 Å². The topological polar surface area (TPSA) is 64.9 Å². The first-order chi connectivity index (χ1) is 11.1. The van der Waals surface area contributed by atoms with Crippen molar-refractivity contribution in [1.82, 2.24) is 5.32 Å². The zero-order valence-corrected chi connectivity index (χ0v) is 13.4. The third kappa shape index (κ3) is 4.94. The van der Waals surface area contributed by atoms with Gasteiger partial charge in [-0.15, -0.1) is 0 Å². The van der Waals surface area contributed by atoms with Gasteiger partial charge in [0.2, 0.25) is 5.91 Å². The van der Waals surface area contributed by atoms with Gasteiger partial charge in [0.25, 0.3) is 0 Å². The number of benzene rings is 2. The fourth-order valence-electron chi connectivity index (χ4n) is 2.43. The lowest BCUT2D eigenvalue weighted by molar-refractivity contribution is -0.115. The summed E-state index contributed by atoms with van der Waals surface area (Å²) < 4.78 is 0. The van der Waals surface area contributed by atoms with E-state index in [9.17, 15) is 4.79 Å². The van der Waals surface area contributed by atoms with Gasteiger partial charge in [-0.25, -0.2) is 0 Å². The van der Waals surface area contributed by atoms with Crippen LogP contribution in [0.25, 0.3) is 0 Å². The fourth-order valence-corrected chi connectivity index (χ4v) is 2.43. The van der Waals surface area contributed by atoms with E-state index in [-0.39, 0.29) is 18.5 Å². The SMILES string of the molecule is CC(C)[C@@H](NCC(=O)Nc1ccc(C#N)cc1)c1ccccc1. The van der Waals surface area contributed by atoms with Gasteiger partial charge in [0.15, 0.2) is 0 Å². The normalized spacial score (nSPS) is 11.7. The Balaban J connectivity index is 1.92. The molecule has 0 saturated carbocycles. The minimum Gasteiger partial charge on any atom is -0.325 e. The second-order valence-corrected chi connectivity index (χ2v) is 5.75. The molecular weight excluding hydrogens is 286 g/mol. The van der Waals surface area contributed by atoms with Crippen molar-refractivity contribution in [1.29, 1.82) is 5.26 Å². The molecule has 1 amide bonds. The van der Waals surface area contributed by atoms with Crippen LogP contribution in [0.15, 0.2) is 54.6 Å². The van der Waals surface area contributed by atoms with Crippen LogP contribution < -0.4 is 10.6 Å². The highest BCUT2D eigenvalue weighted by atomic mass is 16.1. The van der Waals surface area contributed by atoms with Gasteiger partial charge >= 0.3 is 0 Å². The van der Waals surface area contributed by atoms with Gasteiger partial charge < -0.3 is 10.6 Å². The number of nitrogens with zero attached hydrogens (tertiary/aromatic N) is 1. The maximum absolute atomic E-state index is 12.1. The smallest absolute Gasteiger partial charge is 0.238 e. The Kier molecular flexibility index (Phi) is 5.90. The third-order valence-electron chi connectivity index (χ3n) is 3.61. The second kappa shape index (κ2) is 8.11. The molecule has 4 heteroatoms. The first kappa shape index (κ1) is 16.7. The molecule has 0 spiro atoms. The molecule has 0 heterocycles. The number of carbonyl (C=O) groups excluding carboxylic acids is 1. The van der Waals surface area contributed by atoms with Crippen molar-refractivity contribution in [2.24, 2.45) is 5.92 Å². The Morgan fingerprint density at radius 2 is 1.74 bits per heavy atom. The Hall–Kier alpha value is -2.64. The van der Waals surface area contributed by atoms with E-state index >= 15 is 0 Å². The number of anilines is 1. The first-order valence-electron chi connectivity index (χ1n) is 7.68. The van der Waals surface area contributed by atoms with Crippen LogP contribution in [-0.4, -0.2) is 12.5 Å². The van der Waals surface area contributed by atoms with Crippen molar-refractivity contribution in [3.05, 3.63) is 65.7 Å². The van der Waals surface area contributed by atoms with Crippen molar-refractivity contribution in [3.8, 4) is 6.07 Å². The molecule has 4 nitrogen and oxygen atoms in total. The molecular formula is C19H21N3O. The Labute approximate surface area is 137 Å². The maximum Gasteiger partial charge on any atom is 0.238 e. The summed E-state index contributed by atoms with van der Waals surface area (Å²) in [4.78, 5) is 12.1. The van der Waals surface area contributed by atoms with E-state index < -0.39 is 0 Å². The van der Waals surface area contributed by atoms with E-state index in [2.05, 4.69) is 42.7 Å².